The smallest absolute Gasteiger partial charge is 0.264 e. The van der Waals surface area contributed by atoms with Gasteiger partial charge in [0.25, 0.3) is 5.89 Å². The van der Waals surface area contributed by atoms with Crippen molar-refractivity contribution in [2.24, 2.45) is 0 Å². The molecule has 1 heterocycles. The van der Waals surface area contributed by atoms with Gasteiger partial charge in [-0.3, -0.25) is 0 Å². The average molecular weight is 279 g/mol. The summed E-state index contributed by atoms with van der Waals surface area (Å²) in [4.78, 5) is 3.99. The Balaban J connectivity index is 2.02. The highest BCUT2D eigenvalue weighted by Gasteiger charge is 2.11. The van der Waals surface area contributed by atoms with Gasteiger partial charge in [-0.05, 0) is 38.1 Å². The van der Waals surface area contributed by atoms with Crippen molar-refractivity contribution in [2.75, 3.05) is 6.54 Å². The van der Waals surface area contributed by atoms with Gasteiger partial charge < -0.3 is 14.6 Å². The van der Waals surface area contributed by atoms with Crippen LogP contribution in [0.5, 0.6) is 5.75 Å². The Morgan fingerprint density at radius 3 is 2.85 bits per heavy atom. The second kappa shape index (κ2) is 6.47. The summed E-state index contributed by atoms with van der Waals surface area (Å²) in [6.45, 7) is 6.60. The van der Waals surface area contributed by atoms with E-state index in [-0.39, 0.29) is 18.4 Å². The molecule has 0 radical (unpaired) electrons. The van der Waals surface area contributed by atoms with Gasteiger partial charge in [0.15, 0.2) is 24.0 Å². The van der Waals surface area contributed by atoms with Crippen LogP contribution in [0, 0.1) is 12.7 Å². The fraction of sp³-hybridized carbons (Fsp3) is 0.429. The molecule has 108 valence electrons. The van der Waals surface area contributed by atoms with E-state index in [1.165, 1.54) is 6.07 Å². The Labute approximate surface area is 117 Å². The van der Waals surface area contributed by atoms with Crippen LogP contribution in [0.3, 0.4) is 0 Å². The van der Waals surface area contributed by atoms with E-state index in [0.717, 1.165) is 12.1 Å². The van der Waals surface area contributed by atoms with Crippen molar-refractivity contribution in [1.82, 2.24) is 15.5 Å². The van der Waals surface area contributed by atoms with Crippen LogP contribution in [-0.4, -0.2) is 16.7 Å². The maximum absolute atomic E-state index is 13.9. The molecule has 0 amide bonds. The second-order valence-corrected chi connectivity index (χ2v) is 4.49. The van der Waals surface area contributed by atoms with E-state index in [4.69, 9.17) is 9.26 Å². The molecule has 0 fully saturated rings. The van der Waals surface area contributed by atoms with E-state index in [2.05, 4.69) is 15.5 Å². The molecule has 1 atom stereocenters. The molecule has 0 bridgehead atoms. The molecule has 0 spiro atoms. The minimum Gasteiger partial charge on any atom is -0.481 e. The zero-order valence-electron chi connectivity index (χ0n) is 11.8. The van der Waals surface area contributed by atoms with Gasteiger partial charge in [-0.2, -0.15) is 4.98 Å². The highest BCUT2D eigenvalue weighted by molar-refractivity contribution is 5.30. The Bertz CT molecular complexity index is 571. The number of benzene rings is 1. The Morgan fingerprint density at radius 2 is 2.25 bits per heavy atom. The zero-order chi connectivity index (χ0) is 14.5. The molecule has 0 aliphatic heterocycles. The van der Waals surface area contributed by atoms with Crippen molar-refractivity contribution in [1.29, 1.82) is 0 Å². The lowest BCUT2D eigenvalue weighted by Gasteiger charge is -2.14. The first-order valence-corrected chi connectivity index (χ1v) is 6.55. The SMILES string of the molecule is CCNC(C)c1ccc(OCc2nc(C)no2)c(F)c1. The number of aromatic nitrogens is 2. The molecule has 0 saturated carbocycles. The van der Waals surface area contributed by atoms with Crippen LogP contribution >= 0.6 is 0 Å². The summed E-state index contributed by atoms with van der Waals surface area (Å²) in [5.74, 6) is 0.627. The van der Waals surface area contributed by atoms with Gasteiger partial charge in [-0.1, -0.05) is 18.1 Å². The van der Waals surface area contributed by atoms with Crippen molar-refractivity contribution in [2.45, 2.75) is 33.4 Å². The summed E-state index contributed by atoms with van der Waals surface area (Å²) in [5, 5.41) is 6.87. The topological polar surface area (TPSA) is 60.2 Å². The lowest BCUT2D eigenvalue weighted by Crippen LogP contribution is -2.17. The molecule has 0 saturated heterocycles. The molecule has 0 aliphatic rings. The third-order valence-corrected chi connectivity index (χ3v) is 2.89. The van der Waals surface area contributed by atoms with Crippen LogP contribution in [0.25, 0.3) is 0 Å². The normalized spacial score (nSPS) is 12.4. The fourth-order valence-electron chi connectivity index (χ4n) is 1.87. The van der Waals surface area contributed by atoms with Crippen molar-refractivity contribution < 1.29 is 13.7 Å². The van der Waals surface area contributed by atoms with Gasteiger partial charge in [0, 0.05) is 6.04 Å². The van der Waals surface area contributed by atoms with E-state index in [1.54, 1.807) is 13.0 Å². The molecule has 20 heavy (non-hydrogen) atoms. The molecule has 6 heteroatoms. The minimum atomic E-state index is -0.400. The largest absolute Gasteiger partial charge is 0.481 e. The standard InChI is InChI=1S/C14H18FN3O2/c1-4-16-9(2)11-5-6-13(12(15)7-11)19-8-14-17-10(3)18-20-14/h5-7,9,16H,4,8H2,1-3H3. The Hall–Kier alpha value is -1.95. The summed E-state index contributed by atoms with van der Waals surface area (Å²) in [5.41, 5.74) is 0.880. The van der Waals surface area contributed by atoms with Gasteiger partial charge in [0.05, 0.1) is 0 Å². The Kier molecular flexibility index (Phi) is 4.68. The first-order valence-electron chi connectivity index (χ1n) is 6.55. The number of aryl methyl sites for hydroxylation is 1. The van der Waals surface area contributed by atoms with E-state index in [9.17, 15) is 4.39 Å². The van der Waals surface area contributed by atoms with Crippen LogP contribution in [0.4, 0.5) is 4.39 Å². The third kappa shape index (κ3) is 3.54. The highest BCUT2D eigenvalue weighted by Crippen LogP contribution is 2.22. The van der Waals surface area contributed by atoms with E-state index in [0.29, 0.717) is 11.7 Å². The first-order chi connectivity index (χ1) is 9.60. The molecule has 2 rings (SSSR count). The number of ether oxygens (including phenoxy) is 1. The molecule has 0 aliphatic carbocycles. The summed E-state index contributed by atoms with van der Waals surface area (Å²) in [6.07, 6.45) is 0. The van der Waals surface area contributed by atoms with Crippen molar-refractivity contribution in [3.8, 4) is 5.75 Å². The van der Waals surface area contributed by atoms with Gasteiger partial charge in [0.2, 0.25) is 0 Å². The van der Waals surface area contributed by atoms with Crippen LogP contribution < -0.4 is 10.1 Å². The van der Waals surface area contributed by atoms with Gasteiger partial charge >= 0.3 is 0 Å². The number of hydrogen-bond acceptors (Lipinski definition) is 5. The van der Waals surface area contributed by atoms with Crippen LogP contribution in [0.15, 0.2) is 22.7 Å². The van der Waals surface area contributed by atoms with Gasteiger partial charge in [0.1, 0.15) is 0 Å². The molecule has 1 aromatic carbocycles. The quantitative estimate of drug-likeness (QED) is 0.881. The summed E-state index contributed by atoms with van der Waals surface area (Å²) in [7, 11) is 0. The maximum Gasteiger partial charge on any atom is 0.264 e. The predicted molar refractivity (Wildman–Crippen MR) is 71.9 cm³/mol. The van der Waals surface area contributed by atoms with Crippen LogP contribution in [0.2, 0.25) is 0 Å². The second-order valence-electron chi connectivity index (χ2n) is 4.49. The monoisotopic (exact) mass is 279 g/mol. The third-order valence-electron chi connectivity index (χ3n) is 2.89. The molecular weight excluding hydrogens is 261 g/mol. The Morgan fingerprint density at radius 1 is 1.45 bits per heavy atom. The number of hydrogen-bond donors (Lipinski definition) is 1. The molecule has 1 unspecified atom stereocenters. The van der Waals surface area contributed by atoms with E-state index in [1.807, 2.05) is 19.9 Å². The number of nitrogens with zero attached hydrogens (tertiary/aromatic N) is 2. The summed E-state index contributed by atoms with van der Waals surface area (Å²) >= 11 is 0. The molecule has 1 aromatic heterocycles. The summed E-state index contributed by atoms with van der Waals surface area (Å²) in [6, 6.07) is 5.02. The van der Waals surface area contributed by atoms with Crippen molar-refractivity contribution in [3.63, 3.8) is 0 Å². The maximum atomic E-state index is 13.9. The minimum absolute atomic E-state index is 0.0554. The predicted octanol–water partition coefficient (Wildman–Crippen LogP) is 2.77. The number of nitrogens with one attached hydrogen (secondary N) is 1. The highest BCUT2D eigenvalue weighted by atomic mass is 19.1. The van der Waals surface area contributed by atoms with Crippen LogP contribution in [-0.2, 0) is 6.61 Å². The molecular formula is C14H18FN3O2. The molecule has 1 N–H and O–H groups in total. The van der Waals surface area contributed by atoms with Crippen molar-refractivity contribution in [3.05, 3.63) is 41.3 Å². The molecule has 5 nitrogen and oxygen atoms in total. The number of rotatable bonds is 6. The van der Waals surface area contributed by atoms with Gasteiger partial charge in [-0.15, -0.1) is 0 Å². The zero-order valence-corrected chi connectivity index (χ0v) is 11.8. The van der Waals surface area contributed by atoms with Crippen LogP contribution in [0.1, 0.15) is 37.2 Å². The lowest BCUT2D eigenvalue weighted by atomic mass is 10.1. The number of halogens is 1. The van der Waals surface area contributed by atoms with Crippen molar-refractivity contribution >= 4 is 0 Å². The van der Waals surface area contributed by atoms with Gasteiger partial charge in [-0.25, -0.2) is 4.39 Å². The molecule has 2 aromatic rings. The summed E-state index contributed by atoms with van der Waals surface area (Å²) < 4.78 is 24.2. The van der Waals surface area contributed by atoms with E-state index >= 15 is 0 Å². The van der Waals surface area contributed by atoms with E-state index < -0.39 is 5.82 Å². The lowest BCUT2D eigenvalue weighted by molar-refractivity contribution is 0.234. The fourth-order valence-corrected chi connectivity index (χ4v) is 1.87. The average Bonchev–Trinajstić information content (AvgIpc) is 2.83. The first kappa shape index (κ1) is 14.5.